The van der Waals surface area contributed by atoms with Crippen LogP contribution in [0, 0.1) is 5.82 Å². The van der Waals surface area contributed by atoms with Crippen molar-refractivity contribution in [3.8, 4) is 0 Å². The van der Waals surface area contributed by atoms with Crippen molar-refractivity contribution in [3.05, 3.63) is 59.9 Å². The van der Waals surface area contributed by atoms with E-state index in [4.69, 9.17) is 4.74 Å². The van der Waals surface area contributed by atoms with Gasteiger partial charge in [-0.15, -0.1) is 0 Å². The first-order valence-electron chi connectivity index (χ1n) is 6.75. The van der Waals surface area contributed by atoms with E-state index in [-0.39, 0.29) is 5.91 Å². The second-order valence-corrected chi connectivity index (χ2v) is 4.74. The normalized spacial score (nSPS) is 13.9. The number of amides is 2. The predicted octanol–water partition coefficient (Wildman–Crippen LogP) is 3.03. The van der Waals surface area contributed by atoms with Crippen LogP contribution in [0.25, 0.3) is 0 Å². The lowest BCUT2D eigenvalue weighted by Crippen LogP contribution is -2.25. The fourth-order valence-electron chi connectivity index (χ4n) is 2.22. The highest BCUT2D eigenvalue weighted by molar-refractivity contribution is 6.07. The maximum Gasteiger partial charge on any atom is 0.414 e. The van der Waals surface area contributed by atoms with Crippen LogP contribution in [0.15, 0.2) is 48.5 Å². The van der Waals surface area contributed by atoms with Crippen molar-refractivity contribution >= 4 is 23.4 Å². The van der Waals surface area contributed by atoms with Gasteiger partial charge in [0.05, 0.1) is 17.9 Å². The molecule has 0 spiro atoms. The third-order valence-corrected chi connectivity index (χ3v) is 3.31. The zero-order valence-corrected chi connectivity index (χ0v) is 11.6. The Bertz CT molecular complexity index is 716. The van der Waals surface area contributed by atoms with Gasteiger partial charge in [0.1, 0.15) is 12.4 Å². The molecule has 6 heteroatoms. The van der Waals surface area contributed by atoms with Gasteiger partial charge in [-0.25, -0.2) is 9.18 Å². The average molecular weight is 300 g/mol. The molecule has 0 saturated carbocycles. The molecular weight excluding hydrogens is 287 g/mol. The number of benzene rings is 2. The van der Waals surface area contributed by atoms with Crippen molar-refractivity contribution in [3.63, 3.8) is 0 Å². The molecule has 1 aliphatic rings. The number of hydrogen-bond acceptors (Lipinski definition) is 3. The summed E-state index contributed by atoms with van der Waals surface area (Å²) in [5.41, 5.74) is 1.40. The van der Waals surface area contributed by atoms with Gasteiger partial charge in [-0.05, 0) is 36.4 Å². The third kappa shape index (κ3) is 2.76. The summed E-state index contributed by atoms with van der Waals surface area (Å²) in [5, 5.41) is 2.73. The Morgan fingerprint density at radius 1 is 1.14 bits per heavy atom. The minimum atomic E-state index is -0.441. The Hall–Kier alpha value is -2.89. The minimum Gasteiger partial charge on any atom is -0.447 e. The summed E-state index contributed by atoms with van der Waals surface area (Å²) < 4.78 is 17.8. The van der Waals surface area contributed by atoms with Gasteiger partial charge in [-0.3, -0.25) is 9.69 Å². The topological polar surface area (TPSA) is 58.6 Å². The van der Waals surface area contributed by atoms with Crippen LogP contribution in [0.5, 0.6) is 0 Å². The van der Waals surface area contributed by atoms with Crippen molar-refractivity contribution in [2.45, 2.75) is 0 Å². The van der Waals surface area contributed by atoms with Crippen LogP contribution in [-0.2, 0) is 4.74 Å². The van der Waals surface area contributed by atoms with Crippen molar-refractivity contribution in [1.29, 1.82) is 0 Å². The smallest absolute Gasteiger partial charge is 0.414 e. The maximum absolute atomic E-state index is 12.9. The van der Waals surface area contributed by atoms with Gasteiger partial charge >= 0.3 is 6.09 Å². The number of carbonyl (C=O) groups excluding carboxylic acids is 2. The van der Waals surface area contributed by atoms with Crippen LogP contribution in [0.1, 0.15) is 10.4 Å². The molecular formula is C16H13FN2O3. The van der Waals surface area contributed by atoms with Crippen LogP contribution in [0.3, 0.4) is 0 Å². The van der Waals surface area contributed by atoms with Crippen molar-refractivity contribution in [2.24, 2.45) is 0 Å². The van der Waals surface area contributed by atoms with E-state index >= 15 is 0 Å². The van der Waals surface area contributed by atoms with Gasteiger partial charge in [-0.2, -0.15) is 0 Å². The molecule has 0 aromatic heterocycles. The highest BCUT2D eigenvalue weighted by Gasteiger charge is 2.26. The number of anilines is 2. The largest absolute Gasteiger partial charge is 0.447 e. The molecule has 2 amide bonds. The molecule has 3 rings (SSSR count). The zero-order valence-electron chi connectivity index (χ0n) is 11.6. The summed E-state index contributed by atoms with van der Waals surface area (Å²) in [6.45, 7) is 0.751. The molecule has 0 bridgehead atoms. The van der Waals surface area contributed by atoms with Crippen molar-refractivity contribution in [1.82, 2.24) is 0 Å². The summed E-state index contributed by atoms with van der Waals surface area (Å²) in [5.74, 6) is -0.781. The highest BCUT2D eigenvalue weighted by Crippen LogP contribution is 2.28. The molecule has 5 nitrogen and oxygen atoms in total. The van der Waals surface area contributed by atoms with E-state index in [1.54, 1.807) is 24.3 Å². The predicted molar refractivity (Wildman–Crippen MR) is 79.5 cm³/mol. The summed E-state index contributed by atoms with van der Waals surface area (Å²) in [4.78, 5) is 25.3. The fraction of sp³-hybridized carbons (Fsp3) is 0.125. The van der Waals surface area contributed by atoms with E-state index in [9.17, 15) is 14.0 Å². The molecule has 2 aromatic rings. The molecule has 1 fully saturated rings. The number of rotatable bonds is 3. The first-order valence-corrected chi connectivity index (χ1v) is 6.75. The lowest BCUT2D eigenvalue weighted by Gasteiger charge is -2.17. The zero-order chi connectivity index (χ0) is 15.5. The standard InChI is InChI=1S/C16H13FN2O3/c17-12-7-5-11(6-8-12)15(20)18-13-3-1-2-4-14(13)19-9-10-22-16(19)21/h1-8H,9-10H2,(H,18,20). The summed E-state index contributed by atoms with van der Waals surface area (Å²) in [6.07, 6.45) is -0.441. The molecule has 1 heterocycles. The van der Waals surface area contributed by atoms with Crippen LogP contribution >= 0.6 is 0 Å². The van der Waals surface area contributed by atoms with E-state index < -0.39 is 11.9 Å². The molecule has 2 aromatic carbocycles. The van der Waals surface area contributed by atoms with Crippen LogP contribution in [0.4, 0.5) is 20.6 Å². The molecule has 1 N–H and O–H groups in total. The molecule has 112 valence electrons. The number of halogens is 1. The number of carbonyl (C=O) groups is 2. The molecule has 22 heavy (non-hydrogen) atoms. The molecule has 0 atom stereocenters. The number of cyclic esters (lactones) is 1. The first kappa shape index (κ1) is 14.1. The number of nitrogens with one attached hydrogen (secondary N) is 1. The number of hydrogen-bond donors (Lipinski definition) is 1. The Kier molecular flexibility index (Phi) is 3.74. The molecule has 1 aliphatic heterocycles. The molecule has 0 aliphatic carbocycles. The van der Waals surface area contributed by atoms with Crippen LogP contribution in [-0.4, -0.2) is 25.2 Å². The average Bonchev–Trinajstić information content (AvgIpc) is 2.94. The number of nitrogens with zero attached hydrogens (tertiary/aromatic N) is 1. The molecule has 0 radical (unpaired) electrons. The Morgan fingerprint density at radius 2 is 1.86 bits per heavy atom. The van der Waals surface area contributed by atoms with E-state index in [0.717, 1.165) is 0 Å². The Balaban J connectivity index is 1.84. The highest BCUT2D eigenvalue weighted by atomic mass is 19.1. The van der Waals surface area contributed by atoms with Gasteiger partial charge in [0, 0.05) is 5.56 Å². The van der Waals surface area contributed by atoms with Gasteiger partial charge in [0.15, 0.2) is 0 Å². The first-order chi connectivity index (χ1) is 10.6. The summed E-state index contributed by atoms with van der Waals surface area (Å²) in [6, 6.07) is 12.2. The molecule has 0 unspecified atom stereocenters. The van der Waals surface area contributed by atoms with Crippen LogP contribution in [0.2, 0.25) is 0 Å². The Morgan fingerprint density at radius 3 is 2.55 bits per heavy atom. The summed E-state index contributed by atoms with van der Waals surface area (Å²) >= 11 is 0. The van der Waals surface area contributed by atoms with Crippen LogP contribution < -0.4 is 10.2 Å². The van der Waals surface area contributed by atoms with Gasteiger partial charge in [-0.1, -0.05) is 12.1 Å². The second kappa shape index (κ2) is 5.85. The Labute approximate surface area is 126 Å². The lowest BCUT2D eigenvalue weighted by atomic mass is 10.2. The maximum atomic E-state index is 12.9. The number of ether oxygens (including phenoxy) is 1. The third-order valence-electron chi connectivity index (χ3n) is 3.31. The van der Waals surface area contributed by atoms with Gasteiger partial charge in [0.2, 0.25) is 0 Å². The van der Waals surface area contributed by atoms with Crippen molar-refractivity contribution < 1.29 is 18.7 Å². The van der Waals surface area contributed by atoms with E-state index in [1.165, 1.54) is 29.2 Å². The lowest BCUT2D eigenvalue weighted by molar-refractivity contribution is 0.102. The second-order valence-electron chi connectivity index (χ2n) is 4.74. The van der Waals surface area contributed by atoms with E-state index in [0.29, 0.717) is 30.1 Å². The quantitative estimate of drug-likeness (QED) is 0.948. The molecule has 1 saturated heterocycles. The number of para-hydroxylation sites is 2. The van der Waals surface area contributed by atoms with Gasteiger partial charge < -0.3 is 10.1 Å². The summed E-state index contributed by atoms with van der Waals surface area (Å²) in [7, 11) is 0. The van der Waals surface area contributed by atoms with E-state index in [1.807, 2.05) is 0 Å². The minimum absolute atomic E-state index is 0.319. The van der Waals surface area contributed by atoms with Crippen molar-refractivity contribution in [2.75, 3.05) is 23.4 Å². The fourth-order valence-corrected chi connectivity index (χ4v) is 2.22. The monoisotopic (exact) mass is 300 g/mol. The SMILES string of the molecule is O=C(Nc1ccccc1N1CCOC1=O)c1ccc(F)cc1. The van der Waals surface area contributed by atoms with E-state index in [2.05, 4.69) is 5.32 Å². The van der Waals surface area contributed by atoms with Gasteiger partial charge in [0.25, 0.3) is 5.91 Å².